The zero-order chi connectivity index (χ0) is 3.91. The van der Waals surface area contributed by atoms with Gasteiger partial charge in [0.2, 0.25) is 0 Å². The van der Waals surface area contributed by atoms with Gasteiger partial charge in [-0.1, -0.05) is 0 Å². The van der Waals surface area contributed by atoms with Gasteiger partial charge in [-0.15, -0.1) is 5.21 Å². The largest absolute Gasteiger partial charge is 1.00 e. The summed E-state index contributed by atoms with van der Waals surface area (Å²) in [6, 6.07) is 0. The zero-order valence-corrected chi connectivity index (χ0v) is 6.24. The average molecular weight is 119 g/mol. The summed E-state index contributed by atoms with van der Waals surface area (Å²) in [6.45, 7) is 0. The standard InChI is InChI=1S/K.HNO4.H/c;2-1(3)4-5-1;/h;2H;/q+1;;-1. The van der Waals surface area contributed by atoms with Crippen molar-refractivity contribution in [2.45, 2.75) is 0 Å². The van der Waals surface area contributed by atoms with Crippen molar-refractivity contribution < 1.29 is 73.1 Å². The smallest absolute Gasteiger partial charge is 1.00 e. The van der Waals surface area contributed by atoms with E-state index in [2.05, 4.69) is 9.98 Å². The van der Waals surface area contributed by atoms with E-state index < -0.39 is 5.14 Å². The van der Waals surface area contributed by atoms with Gasteiger partial charge in [0.25, 0.3) is 0 Å². The summed E-state index contributed by atoms with van der Waals surface area (Å²) >= 11 is 0. The fourth-order valence-electron chi connectivity index (χ4n) is 0.0285. The number of nitrogens with zero attached hydrogens (tertiary/aromatic N) is 1. The van der Waals surface area contributed by atoms with E-state index in [9.17, 15) is 5.21 Å². The summed E-state index contributed by atoms with van der Waals surface area (Å²) in [4.78, 5) is 6.67. The molecule has 0 aliphatic carbocycles. The van der Waals surface area contributed by atoms with Crippen LogP contribution in [0.1, 0.15) is 1.43 Å². The summed E-state index contributed by atoms with van der Waals surface area (Å²) in [7, 11) is 0. The van der Waals surface area contributed by atoms with Crippen LogP contribution in [0.4, 0.5) is 0 Å². The SMILES string of the molecule is [H-].[K+].[O-][N+]1(O)OO1. The van der Waals surface area contributed by atoms with E-state index in [0.29, 0.717) is 0 Å². The van der Waals surface area contributed by atoms with Crippen LogP contribution in [0, 0.1) is 5.21 Å². The molecule has 6 heteroatoms. The fourth-order valence-corrected chi connectivity index (χ4v) is 0.0285. The molecule has 0 saturated carbocycles. The topological polar surface area (TPSA) is 68.3 Å². The monoisotopic (exact) mass is 119 g/mol. The Morgan fingerprint density at radius 2 is 1.83 bits per heavy atom. The Balaban J connectivity index is 0. The van der Waals surface area contributed by atoms with Gasteiger partial charge < -0.3 is 6.63 Å². The Labute approximate surface area is 77.3 Å². The van der Waals surface area contributed by atoms with E-state index in [1.165, 1.54) is 0 Å². The van der Waals surface area contributed by atoms with Crippen LogP contribution in [-0.2, 0) is 9.98 Å². The summed E-state index contributed by atoms with van der Waals surface area (Å²) in [6.07, 6.45) is 0. The minimum absolute atomic E-state index is 0. The predicted molar refractivity (Wildman–Crippen MR) is 8.70 cm³/mol. The van der Waals surface area contributed by atoms with Crippen LogP contribution >= 0.6 is 0 Å². The minimum atomic E-state index is -2.00. The molecule has 0 radical (unpaired) electrons. The van der Waals surface area contributed by atoms with Crippen molar-refractivity contribution in [3.63, 3.8) is 0 Å². The van der Waals surface area contributed by atoms with Gasteiger partial charge in [0.05, 0.1) is 0 Å². The van der Waals surface area contributed by atoms with Crippen molar-refractivity contribution in [2.75, 3.05) is 0 Å². The van der Waals surface area contributed by atoms with Crippen molar-refractivity contribution in [3.8, 4) is 0 Å². The van der Waals surface area contributed by atoms with Crippen LogP contribution in [0.2, 0.25) is 0 Å². The molecular weight excluding hydrogens is 117 g/mol. The number of hydrogen-bond acceptors (Lipinski definition) is 4. The van der Waals surface area contributed by atoms with Crippen molar-refractivity contribution in [1.82, 2.24) is 0 Å². The van der Waals surface area contributed by atoms with Crippen LogP contribution in [0.3, 0.4) is 0 Å². The Morgan fingerprint density at radius 3 is 1.83 bits per heavy atom. The Bertz CT molecular complexity index is 49.7. The Morgan fingerprint density at radius 1 is 1.67 bits per heavy atom. The van der Waals surface area contributed by atoms with E-state index in [4.69, 9.17) is 5.21 Å². The predicted octanol–water partition coefficient (Wildman–Crippen LogP) is -3.40. The van der Waals surface area contributed by atoms with Crippen molar-refractivity contribution in [3.05, 3.63) is 5.21 Å². The molecule has 1 N–H and O–H groups in total. The molecule has 1 fully saturated rings. The van der Waals surface area contributed by atoms with Gasteiger partial charge in [0.15, 0.2) is 5.14 Å². The maximum absolute atomic E-state index is 9.26. The van der Waals surface area contributed by atoms with Gasteiger partial charge >= 0.3 is 51.4 Å². The summed E-state index contributed by atoms with van der Waals surface area (Å²) in [5, 5.41) is 14.8. The van der Waals surface area contributed by atoms with E-state index >= 15 is 0 Å². The molecule has 1 aliphatic rings. The molecule has 1 saturated heterocycles. The first-order valence-electron chi connectivity index (χ1n) is 0.914. The van der Waals surface area contributed by atoms with E-state index in [-0.39, 0.29) is 52.8 Å². The van der Waals surface area contributed by atoms with Crippen LogP contribution in [0.25, 0.3) is 0 Å². The number of quaternary nitrogens is 1. The van der Waals surface area contributed by atoms with Crippen molar-refractivity contribution in [1.29, 1.82) is 0 Å². The van der Waals surface area contributed by atoms with E-state index in [1.807, 2.05) is 0 Å². The molecule has 0 aromatic rings. The van der Waals surface area contributed by atoms with Gasteiger partial charge in [-0.3, -0.25) is 0 Å². The molecular formula is H2KNO4. The summed E-state index contributed by atoms with van der Waals surface area (Å²) < 4.78 is 0. The maximum Gasteiger partial charge on any atom is 1.00 e. The Hall–Kier alpha value is 1.44. The zero-order valence-electron chi connectivity index (χ0n) is 4.12. The second-order valence-electron chi connectivity index (χ2n) is 0.618. The molecule has 1 rings (SSSR count). The van der Waals surface area contributed by atoms with Crippen molar-refractivity contribution >= 4 is 0 Å². The number of rotatable bonds is 0. The molecule has 0 bridgehead atoms. The molecule has 1 aliphatic heterocycles. The van der Waals surface area contributed by atoms with Gasteiger partial charge in [-0.05, 0) is 0 Å². The Kier molecular flexibility index (Phi) is 2.65. The molecule has 0 aromatic heterocycles. The molecule has 1 heterocycles. The van der Waals surface area contributed by atoms with Crippen LogP contribution in [0.5, 0.6) is 0 Å². The summed E-state index contributed by atoms with van der Waals surface area (Å²) in [5.74, 6) is 0. The van der Waals surface area contributed by atoms with Crippen LogP contribution in [0.15, 0.2) is 0 Å². The molecule has 0 aromatic carbocycles. The van der Waals surface area contributed by atoms with E-state index in [0.717, 1.165) is 0 Å². The maximum atomic E-state index is 9.26. The van der Waals surface area contributed by atoms with Crippen molar-refractivity contribution in [2.24, 2.45) is 0 Å². The number of hydrogen-bond donors (Lipinski definition) is 1. The molecule has 0 amide bonds. The fraction of sp³-hybridized carbons (Fsp3) is 0. The molecule has 32 valence electrons. The molecule has 0 atom stereocenters. The van der Waals surface area contributed by atoms with Gasteiger partial charge in [0, 0.05) is 0 Å². The first-order valence-corrected chi connectivity index (χ1v) is 0.914. The quantitative estimate of drug-likeness (QED) is 0.119. The molecule has 6 heavy (non-hydrogen) atoms. The second kappa shape index (κ2) is 2.14. The normalized spacial score (nSPS) is 25.0. The van der Waals surface area contributed by atoms with E-state index in [1.54, 1.807) is 0 Å². The third kappa shape index (κ3) is 2.58. The van der Waals surface area contributed by atoms with Gasteiger partial charge in [-0.2, -0.15) is 0 Å². The molecule has 5 nitrogen and oxygen atoms in total. The van der Waals surface area contributed by atoms with Crippen LogP contribution in [-0.4, -0.2) is 10.3 Å². The molecule has 0 unspecified atom stereocenters. The minimum Gasteiger partial charge on any atom is -1.00 e. The summed E-state index contributed by atoms with van der Waals surface area (Å²) in [5.41, 5.74) is 0. The first kappa shape index (κ1) is 7.44. The van der Waals surface area contributed by atoms with Crippen LogP contribution < -0.4 is 51.4 Å². The first-order chi connectivity index (χ1) is 2.21. The second-order valence-corrected chi connectivity index (χ2v) is 0.618. The molecule has 0 spiro atoms. The third-order valence-electron chi connectivity index (χ3n) is 0.202. The van der Waals surface area contributed by atoms with Gasteiger partial charge in [0.1, 0.15) is 9.98 Å². The van der Waals surface area contributed by atoms with Gasteiger partial charge in [-0.25, -0.2) is 0 Å². The average Bonchev–Trinajstić information content (AvgIpc) is 1.76. The third-order valence-corrected chi connectivity index (χ3v) is 0.202.